The molecule has 2 heterocycles. The van der Waals surface area contributed by atoms with E-state index in [4.69, 9.17) is 20.2 Å². The summed E-state index contributed by atoms with van der Waals surface area (Å²) in [5.41, 5.74) is 7.03. The lowest BCUT2D eigenvalue weighted by molar-refractivity contribution is -0.118. The van der Waals surface area contributed by atoms with Gasteiger partial charge in [0.25, 0.3) is 5.56 Å². The highest BCUT2D eigenvalue weighted by molar-refractivity contribution is 7.19. The molecule has 0 saturated carbocycles. The number of nitrogens with two attached hydrogens (primary N) is 1. The van der Waals surface area contributed by atoms with Crippen molar-refractivity contribution in [2.45, 2.75) is 39.2 Å². The average molecular weight is 430 g/mol. The molecule has 0 fully saturated rings. The summed E-state index contributed by atoms with van der Waals surface area (Å²) in [6, 6.07) is 7.73. The van der Waals surface area contributed by atoms with Gasteiger partial charge in [0.05, 0.1) is 19.1 Å². The van der Waals surface area contributed by atoms with Crippen LogP contribution in [0.1, 0.15) is 30.5 Å². The summed E-state index contributed by atoms with van der Waals surface area (Å²) in [6.07, 6.45) is 2.02. The standard InChI is InChI=1S/C22H27N3O4S/c1-4-16-19(14-7-5-8-15(13-14)29-3)20-21(30-16)24-18(10-12-28-2)25(22(20)27)11-6-9-17(23)26/h5,7-8,13H,4,6,9-12H2,1-3H3,(H2,23,26). The van der Waals surface area contributed by atoms with Gasteiger partial charge in [-0.3, -0.25) is 14.2 Å². The number of primary amides is 1. The van der Waals surface area contributed by atoms with Crippen LogP contribution in [-0.2, 0) is 28.9 Å². The van der Waals surface area contributed by atoms with E-state index in [2.05, 4.69) is 6.92 Å². The molecular weight excluding hydrogens is 402 g/mol. The van der Waals surface area contributed by atoms with Crippen molar-refractivity contribution in [3.8, 4) is 16.9 Å². The van der Waals surface area contributed by atoms with Crippen LogP contribution in [0.25, 0.3) is 21.3 Å². The van der Waals surface area contributed by atoms with Gasteiger partial charge in [-0.25, -0.2) is 4.98 Å². The number of hydrogen-bond acceptors (Lipinski definition) is 6. The monoisotopic (exact) mass is 429 g/mol. The van der Waals surface area contributed by atoms with Crippen molar-refractivity contribution < 1.29 is 14.3 Å². The number of fused-ring (bicyclic) bond motifs is 1. The molecule has 2 N–H and O–H groups in total. The topological polar surface area (TPSA) is 96.4 Å². The van der Waals surface area contributed by atoms with Gasteiger partial charge in [0.2, 0.25) is 5.91 Å². The van der Waals surface area contributed by atoms with Crippen molar-refractivity contribution in [1.82, 2.24) is 9.55 Å². The van der Waals surface area contributed by atoms with Gasteiger partial charge in [-0.05, 0) is 30.5 Å². The molecule has 0 atom stereocenters. The Hall–Kier alpha value is -2.71. The minimum absolute atomic E-state index is 0.0932. The van der Waals surface area contributed by atoms with Crippen molar-refractivity contribution in [3.05, 3.63) is 45.3 Å². The molecule has 160 valence electrons. The predicted molar refractivity (Wildman–Crippen MR) is 119 cm³/mol. The van der Waals surface area contributed by atoms with Crippen LogP contribution in [0.5, 0.6) is 5.75 Å². The summed E-state index contributed by atoms with van der Waals surface area (Å²) in [4.78, 5) is 31.4. The summed E-state index contributed by atoms with van der Waals surface area (Å²) >= 11 is 1.55. The van der Waals surface area contributed by atoms with E-state index >= 15 is 0 Å². The van der Waals surface area contributed by atoms with Gasteiger partial charge in [0.1, 0.15) is 16.4 Å². The number of carbonyl (C=O) groups excluding carboxylic acids is 1. The minimum atomic E-state index is -0.378. The lowest BCUT2D eigenvalue weighted by Gasteiger charge is -2.13. The average Bonchev–Trinajstić information content (AvgIpc) is 3.12. The molecule has 1 aromatic carbocycles. The van der Waals surface area contributed by atoms with Crippen LogP contribution in [0.4, 0.5) is 0 Å². The molecular formula is C22H27N3O4S. The van der Waals surface area contributed by atoms with Crippen molar-refractivity contribution in [3.63, 3.8) is 0 Å². The molecule has 8 heteroatoms. The molecule has 7 nitrogen and oxygen atoms in total. The van der Waals surface area contributed by atoms with Crippen LogP contribution in [-0.4, -0.2) is 36.3 Å². The molecule has 2 aromatic heterocycles. The van der Waals surface area contributed by atoms with E-state index in [1.54, 1.807) is 30.1 Å². The van der Waals surface area contributed by atoms with Crippen molar-refractivity contribution in [2.75, 3.05) is 20.8 Å². The first-order chi connectivity index (χ1) is 14.5. The van der Waals surface area contributed by atoms with Crippen LogP contribution in [0, 0.1) is 0 Å². The number of methoxy groups -OCH3 is 2. The molecule has 0 radical (unpaired) electrons. The van der Waals surface area contributed by atoms with E-state index in [-0.39, 0.29) is 17.9 Å². The molecule has 30 heavy (non-hydrogen) atoms. The predicted octanol–water partition coefficient (Wildman–Crippen LogP) is 3.15. The second-order valence-corrected chi connectivity index (χ2v) is 8.05. The van der Waals surface area contributed by atoms with Gasteiger partial charge >= 0.3 is 0 Å². The van der Waals surface area contributed by atoms with E-state index in [0.717, 1.165) is 33.0 Å². The Morgan fingerprint density at radius 1 is 1.30 bits per heavy atom. The van der Waals surface area contributed by atoms with Gasteiger partial charge in [0.15, 0.2) is 0 Å². The maximum atomic E-state index is 13.6. The number of aromatic nitrogens is 2. The van der Waals surface area contributed by atoms with Gasteiger partial charge in [-0.2, -0.15) is 0 Å². The zero-order valence-electron chi connectivity index (χ0n) is 17.6. The summed E-state index contributed by atoms with van der Waals surface area (Å²) in [5.74, 6) is 1.02. The van der Waals surface area contributed by atoms with E-state index in [0.29, 0.717) is 37.2 Å². The van der Waals surface area contributed by atoms with Crippen molar-refractivity contribution in [2.24, 2.45) is 5.73 Å². The second kappa shape index (κ2) is 9.86. The van der Waals surface area contributed by atoms with Crippen LogP contribution >= 0.6 is 11.3 Å². The smallest absolute Gasteiger partial charge is 0.262 e. The third-order valence-corrected chi connectivity index (χ3v) is 6.21. The normalized spacial score (nSPS) is 11.2. The number of hydrogen-bond donors (Lipinski definition) is 1. The van der Waals surface area contributed by atoms with Gasteiger partial charge in [0, 0.05) is 36.9 Å². The number of nitrogens with zero attached hydrogens (tertiary/aromatic N) is 2. The molecule has 0 saturated heterocycles. The zero-order valence-corrected chi connectivity index (χ0v) is 18.4. The fourth-order valence-corrected chi connectivity index (χ4v) is 4.67. The summed E-state index contributed by atoms with van der Waals surface area (Å²) < 4.78 is 12.2. The van der Waals surface area contributed by atoms with Gasteiger partial charge in [-0.15, -0.1) is 11.3 Å². The third-order valence-electron chi connectivity index (χ3n) is 4.98. The Kier molecular flexibility index (Phi) is 7.23. The Morgan fingerprint density at radius 3 is 2.77 bits per heavy atom. The number of thiophene rings is 1. The van der Waals surface area contributed by atoms with Crippen LogP contribution < -0.4 is 16.0 Å². The number of benzene rings is 1. The number of ether oxygens (including phenoxy) is 2. The van der Waals surface area contributed by atoms with E-state index in [9.17, 15) is 9.59 Å². The first-order valence-electron chi connectivity index (χ1n) is 9.96. The Morgan fingerprint density at radius 2 is 2.10 bits per heavy atom. The van der Waals surface area contributed by atoms with E-state index in [1.165, 1.54) is 0 Å². The highest BCUT2D eigenvalue weighted by atomic mass is 32.1. The maximum Gasteiger partial charge on any atom is 0.262 e. The first kappa shape index (κ1) is 22.0. The quantitative estimate of drug-likeness (QED) is 0.534. The van der Waals surface area contributed by atoms with E-state index in [1.807, 2.05) is 24.3 Å². The fraction of sp³-hybridized carbons (Fsp3) is 0.409. The van der Waals surface area contributed by atoms with Gasteiger partial charge < -0.3 is 15.2 Å². The Balaban J connectivity index is 2.21. The van der Waals surface area contributed by atoms with Crippen molar-refractivity contribution >= 4 is 27.5 Å². The molecule has 0 spiro atoms. The summed E-state index contributed by atoms with van der Waals surface area (Å²) in [7, 11) is 3.25. The van der Waals surface area contributed by atoms with Crippen LogP contribution in [0.15, 0.2) is 29.1 Å². The summed E-state index contributed by atoms with van der Waals surface area (Å²) in [5, 5.41) is 0.616. The molecule has 0 unspecified atom stereocenters. The minimum Gasteiger partial charge on any atom is -0.497 e. The number of rotatable bonds is 10. The number of carbonyl (C=O) groups is 1. The fourth-order valence-electron chi connectivity index (χ4n) is 3.53. The number of amides is 1. The van der Waals surface area contributed by atoms with Crippen LogP contribution in [0.3, 0.4) is 0 Å². The summed E-state index contributed by atoms with van der Waals surface area (Å²) in [6.45, 7) is 2.92. The molecule has 3 aromatic rings. The lowest BCUT2D eigenvalue weighted by atomic mass is 10.0. The first-order valence-corrected chi connectivity index (χ1v) is 10.8. The van der Waals surface area contributed by atoms with Gasteiger partial charge in [-0.1, -0.05) is 19.1 Å². The molecule has 0 bridgehead atoms. The molecule has 3 rings (SSSR count). The maximum absolute atomic E-state index is 13.6. The molecule has 0 aliphatic heterocycles. The largest absolute Gasteiger partial charge is 0.497 e. The highest BCUT2D eigenvalue weighted by Crippen LogP contribution is 2.38. The van der Waals surface area contributed by atoms with Crippen molar-refractivity contribution in [1.29, 1.82) is 0 Å². The Bertz CT molecular complexity index is 1100. The van der Waals surface area contributed by atoms with Crippen LogP contribution in [0.2, 0.25) is 0 Å². The third kappa shape index (κ3) is 4.55. The zero-order chi connectivity index (χ0) is 21.7. The van der Waals surface area contributed by atoms with E-state index < -0.39 is 0 Å². The molecule has 0 aliphatic carbocycles. The molecule has 1 amide bonds. The Labute approximate surface area is 179 Å². The number of aryl methyl sites for hydroxylation is 1. The second-order valence-electron chi connectivity index (χ2n) is 6.96. The molecule has 0 aliphatic rings. The lowest BCUT2D eigenvalue weighted by Crippen LogP contribution is -2.26. The highest BCUT2D eigenvalue weighted by Gasteiger charge is 2.21. The SMILES string of the molecule is CCc1sc2nc(CCOC)n(CCCC(N)=O)c(=O)c2c1-c1cccc(OC)c1.